The van der Waals surface area contributed by atoms with Gasteiger partial charge < -0.3 is 15.2 Å². The average molecular weight is 328 g/mol. The molecule has 0 radical (unpaired) electrons. The van der Waals surface area contributed by atoms with E-state index in [0.29, 0.717) is 19.8 Å². The molecule has 0 saturated carbocycles. The van der Waals surface area contributed by atoms with Crippen LogP contribution in [0.25, 0.3) is 0 Å². The van der Waals surface area contributed by atoms with Gasteiger partial charge >= 0.3 is 5.97 Å². The number of pyridine rings is 1. The van der Waals surface area contributed by atoms with Crippen molar-refractivity contribution < 1.29 is 19.4 Å². The van der Waals surface area contributed by atoms with E-state index in [9.17, 15) is 9.59 Å². The van der Waals surface area contributed by atoms with Crippen LogP contribution in [0.3, 0.4) is 0 Å². The maximum Gasteiger partial charge on any atom is 0.354 e. The summed E-state index contributed by atoms with van der Waals surface area (Å²) in [5, 5.41) is 11.7. The Hall–Kier alpha value is -2.73. The number of benzene rings is 1. The average Bonchev–Trinajstić information content (AvgIpc) is 2.61. The normalized spacial score (nSPS) is 10.4. The number of aromatic carboxylic acids is 1. The Morgan fingerprint density at radius 1 is 1.08 bits per heavy atom. The number of carboxylic acids is 1. The summed E-state index contributed by atoms with van der Waals surface area (Å²) in [6.45, 7) is 3.55. The molecular weight excluding hydrogens is 308 g/mol. The molecule has 1 aromatic heterocycles. The molecule has 0 atom stereocenters. The van der Waals surface area contributed by atoms with E-state index in [1.54, 1.807) is 0 Å². The largest absolute Gasteiger partial charge is 0.477 e. The first-order valence-electron chi connectivity index (χ1n) is 7.75. The standard InChI is InChI=1S/C18H20N2O4/c1-2-10-24-12-14-7-4-3-6-13(14)11-19-17(21)15-8-5-9-16(20-15)18(22)23/h3-9H,2,10-12H2,1H3,(H,19,21)(H,22,23). The van der Waals surface area contributed by atoms with Crippen molar-refractivity contribution in [1.29, 1.82) is 0 Å². The van der Waals surface area contributed by atoms with Gasteiger partial charge in [0.05, 0.1) is 6.61 Å². The number of hydrogen-bond donors (Lipinski definition) is 2. The van der Waals surface area contributed by atoms with Crippen LogP contribution in [0.15, 0.2) is 42.5 Å². The second kappa shape index (κ2) is 8.79. The van der Waals surface area contributed by atoms with Gasteiger partial charge in [-0.25, -0.2) is 9.78 Å². The van der Waals surface area contributed by atoms with Crippen molar-refractivity contribution in [3.05, 3.63) is 65.0 Å². The summed E-state index contributed by atoms with van der Waals surface area (Å²) in [5.74, 6) is -1.58. The lowest BCUT2D eigenvalue weighted by Crippen LogP contribution is -2.25. The Morgan fingerprint density at radius 3 is 2.50 bits per heavy atom. The topological polar surface area (TPSA) is 88.5 Å². The summed E-state index contributed by atoms with van der Waals surface area (Å²) in [4.78, 5) is 26.9. The van der Waals surface area contributed by atoms with Gasteiger partial charge in [0.25, 0.3) is 5.91 Å². The fourth-order valence-electron chi connectivity index (χ4n) is 2.14. The van der Waals surface area contributed by atoms with Crippen molar-refractivity contribution in [1.82, 2.24) is 10.3 Å². The summed E-state index contributed by atoms with van der Waals surface area (Å²) in [5.41, 5.74) is 1.89. The highest BCUT2D eigenvalue weighted by Gasteiger charge is 2.11. The van der Waals surface area contributed by atoms with Crippen LogP contribution in [0.4, 0.5) is 0 Å². The molecule has 2 N–H and O–H groups in total. The minimum Gasteiger partial charge on any atom is -0.477 e. The first-order chi connectivity index (χ1) is 11.6. The van der Waals surface area contributed by atoms with Crippen LogP contribution in [-0.4, -0.2) is 28.6 Å². The third-order valence-electron chi connectivity index (χ3n) is 3.36. The number of carboxylic acid groups (broad SMARTS) is 1. The van der Waals surface area contributed by atoms with E-state index in [4.69, 9.17) is 9.84 Å². The van der Waals surface area contributed by atoms with Gasteiger partial charge in [-0.05, 0) is 29.7 Å². The summed E-state index contributed by atoms with van der Waals surface area (Å²) in [6, 6.07) is 12.0. The maximum atomic E-state index is 12.2. The molecule has 0 spiro atoms. The van der Waals surface area contributed by atoms with Crippen LogP contribution in [0.5, 0.6) is 0 Å². The van der Waals surface area contributed by atoms with Crippen LogP contribution in [-0.2, 0) is 17.9 Å². The lowest BCUT2D eigenvalue weighted by Gasteiger charge is -2.11. The van der Waals surface area contributed by atoms with Crippen LogP contribution < -0.4 is 5.32 Å². The van der Waals surface area contributed by atoms with Crippen molar-refractivity contribution >= 4 is 11.9 Å². The zero-order chi connectivity index (χ0) is 17.4. The Bertz CT molecular complexity index is 716. The Balaban J connectivity index is 2.01. The number of nitrogens with one attached hydrogen (secondary N) is 1. The van der Waals surface area contributed by atoms with Crippen LogP contribution in [0.2, 0.25) is 0 Å². The molecule has 0 aliphatic rings. The second-order valence-electron chi connectivity index (χ2n) is 5.22. The zero-order valence-electron chi connectivity index (χ0n) is 13.5. The SMILES string of the molecule is CCCOCc1ccccc1CNC(=O)c1cccc(C(=O)O)n1. The number of ether oxygens (including phenoxy) is 1. The molecule has 1 heterocycles. The quantitative estimate of drug-likeness (QED) is 0.727. The predicted octanol–water partition coefficient (Wildman–Crippen LogP) is 2.64. The van der Waals surface area contributed by atoms with Gasteiger partial charge in [0, 0.05) is 13.2 Å². The van der Waals surface area contributed by atoms with Crippen LogP contribution in [0.1, 0.15) is 45.4 Å². The van der Waals surface area contributed by atoms with Crippen molar-refractivity contribution in [2.75, 3.05) is 6.61 Å². The highest BCUT2D eigenvalue weighted by molar-refractivity contribution is 5.94. The molecule has 6 nitrogen and oxygen atoms in total. The second-order valence-corrected chi connectivity index (χ2v) is 5.22. The van der Waals surface area contributed by atoms with Gasteiger partial charge in [0.15, 0.2) is 0 Å². The third kappa shape index (κ3) is 4.89. The van der Waals surface area contributed by atoms with Crippen LogP contribution in [0, 0.1) is 0 Å². The van der Waals surface area contributed by atoms with Crippen LogP contribution >= 0.6 is 0 Å². The number of rotatable bonds is 8. The van der Waals surface area contributed by atoms with Crippen molar-refractivity contribution in [2.45, 2.75) is 26.5 Å². The molecule has 0 fully saturated rings. The fraction of sp³-hybridized carbons (Fsp3) is 0.278. The summed E-state index contributed by atoms with van der Waals surface area (Å²) >= 11 is 0. The number of aromatic nitrogens is 1. The van der Waals surface area contributed by atoms with Crippen molar-refractivity contribution in [2.24, 2.45) is 0 Å². The number of hydrogen-bond acceptors (Lipinski definition) is 4. The molecule has 2 aromatic rings. The molecule has 0 bridgehead atoms. The van der Waals surface area contributed by atoms with E-state index in [1.165, 1.54) is 18.2 Å². The van der Waals surface area contributed by atoms with E-state index in [2.05, 4.69) is 10.3 Å². The van der Waals surface area contributed by atoms with Gasteiger partial charge in [0.2, 0.25) is 0 Å². The monoisotopic (exact) mass is 328 g/mol. The van der Waals surface area contributed by atoms with Crippen molar-refractivity contribution in [3.8, 4) is 0 Å². The van der Waals surface area contributed by atoms with Gasteiger partial charge in [-0.15, -0.1) is 0 Å². The van der Waals surface area contributed by atoms with E-state index < -0.39 is 11.9 Å². The third-order valence-corrected chi connectivity index (χ3v) is 3.36. The molecule has 1 aromatic carbocycles. The predicted molar refractivity (Wildman–Crippen MR) is 88.8 cm³/mol. The van der Waals surface area contributed by atoms with Gasteiger partial charge in [0.1, 0.15) is 11.4 Å². The molecule has 126 valence electrons. The van der Waals surface area contributed by atoms with E-state index in [0.717, 1.165) is 17.5 Å². The molecule has 2 rings (SSSR count). The number of carbonyl (C=O) groups is 2. The molecule has 0 aliphatic heterocycles. The highest BCUT2D eigenvalue weighted by atomic mass is 16.5. The molecule has 0 saturated heterocycles. The van der Waals surface area contributed by atoms with Gasteiger partial charge in [-0.3, -0.25) is 4.79 Å². The first kappa shape index (κ1) is 17.6. The molecule has 24 heavy (non-hydrogen) atoms. The molecule has 0 aliphatic carbocycles. The minimum atomic E-state index is -1.16. The highest BCUT2D eigenvalue weighted by Crippen LogP contribution is 2.10. The molecular formula is C18H20N2O4. The summed E-state index contributed by atoms with van der Waals surface area (Å²) < 4.78 is 5.55. The summed E-state index contributed by atoms with van der Waals surface area (Å²) in [7, 11) is 0. The molecule has 0 unspecified atom stereocenters. The Labute approximate surface area is 140 Å². The van der Waals surface area contributed by atoms with E-state index >= 15 is 0 Å². The zero-order valence-corrected chi connectivity index (χ0v) is 13.5. The molecule has 6 heteroatoms. The molecule has 1 amide bonds. The maximum absolute atomic E-state index is 12.2. The van der Waals surface area contributed by atoms with Gasteiger partial charge in [-0.1, -0.05) is 37.3 Å². The van der Waals surface area contributed by atoms with E-state index in [-0.39, 0.29) is 11.4 Å². The van der Waals surface area contributed by atoms with Gasteiger partial charge in [-0.2, -0.15) is 0 Å². The fourth-order valence-corrected chi connectivity index (χ4v) is 2.14. The lowest BCUT2D eigenvalue weighted by atomic mass is 10.1. The van der Waals surface area contributed by atoms with E-state index in [1.807, 2.05) is 31.2 Å². The minimum absolute atomic E-state index is 0.0783. The smallest absolute Gasteiger partial charge is 0.354 e. The first-order valence-corrected chi connectivity index (χ1v) is 7.75. The Morgan fingerprint density at radius 2 is 1.79 bits per heavy atom. The number of nitrogens with zero attached hydrogens (tertiary/aromatic N) is 1. The lowest BCUT2D eigenvalue weighted by molar-refractivity contribution is 0.0690. The van der Waals surface area contributed by atoms with Crippen molar-refractivity contribution in [3.63, 3.8) is 0 Å². The number of amides is 1. The Kier molecular flexibility index (Phi) is 6.45. The summed E-state index contributed by atoms with van der Waals surface area (Å²) in [6.07, 6.45) is 0.949. The number of carbonyl (C=O) groups excluding carboxylic acids is 1.